The molecule has 1 aromatic heterocycles. The highest BCUT2D eigenvalue weighted by Crippen LogP contribution is 2.20. The molecule has 166 valence electrons. The SMILES string of the molecule is COc1ccc(-c2noc(CN3CCN(C(=O)CC4CCCN4)CC3)n2)cc1.Cl.Cl. The largest absolute Gasteiger partial charge is 0.497 e. The molecule has 30 heavy (non-hydrogen) atoms. The van der Waals surface area contributed by atoms with Crippen LogP contribution in [-0.4, -0.2) is 71.7 Å². The van der Waals surface area contributed by atoms with Crippen molar-refractivity contribution in [1.82, 2.24) is 25.3 Å². The van der Waals surface area contributed by atoms with Crippen molar-refractivity contribution >= 4 is 30.7 Å². The fourth-order valence-corrected chi connectivity index (χ4v) is 3.79. The van der Waals surface area contributed by atoms with Gasteiger partial charge in [0.2, 0.25) is 17.6 Å². The average molecular weight is 458 g/mol. The molecule has 0 bridgehead atoms. The monoisotopic (exact) mass is 457 g/mol. The Morgan fingerprint density at radius 3 is 2.57 bits per heavy atom. The van der Waals surface area contributed by atoms with Crippen LogP contribution in [0.2, 0.25) is 0 Å². The average Bonchev–Trinajstić information content (AvgIpc) is 3.41. The lowest BCUT2D eigenvalue weighted by molar-refractivity contribution is -0.133. The number of carbonyl (C=O) groups excluding carboxylic acids is 1. The summed E-state index contributed by atoms with van der Waals surface area (Å²) in [5, 5.41) is 7.48. The van der Waals surface area contributed by atoms with Crippen molar-refractivity contribution in [3.8, 4) is 17.1 Å². The highest BCUT2D eigenvalue weighted by Gasteiger charge is 2.25. The number of methoxy groups -OCH3 is 1. The molecule has 1 N–H and O–H groups in total. The Hall–Kier alpha value is -1.87. The first-order valence-electron chi connectivity index (χ1n) is 9.92. The van der Waals surface area contributed by atoms with Gasteiger partial charge in [-0.05, 0) is 43.7 Å². The van der Waals surface area contributed by atoms with E-state index >= 15 is 0 Å². The van der Waals surface area contributed by atoms with Crippen molar-refractivity contribution < 1.29 is 14.1 Å². The molecule has 0 saturated carbocycles. The highest BCUT2D eigenvalue weighted by atomic mass is 35.5. The molecule has 1 unspecified atom stereocenters. The van der Waals surface area contributed by atoms with Gasteiger partial charge in [0.15, 0.2) is 0 Å². The third-order valence-corrected chi connectivity index (χ3v) is 5.48. The summed E-state index contributed by atoms with van der Waals surface area (Å²) in [6, 6.07) is 7.94. The molecule has 2 aromatic rings. The maximum absolute atomic E-state index is 12.4. The van der Waals surface area contributed by atoms with Gasteiger partial charge >= 0.3 is 0 Å². The fraction of sp³-hybridized carbons (Fsp3) is 0.550. The Kier molecular flexibility index (Phi) is 9.36. The number of ether oxygens (including phenoxy) is 1. The zero-order valence-electron chi connectivity index (χ0n) is 17.1. The number of piperazine rings is 1. The van der Waals surface area contributed by atoms with E-state index < -0.39 is 0 Å². The molecule has 0 spiro atoms. The first kappa shape index (κ1) is 24.4. The number of hydrogen-bond donors (Lipinski definition) is 1. The minimum absolute atomic E-state index is 0. The number of rotatable bonds is 6. The molecule has 1 aromatic carbocycles. The zero-order chi connectivity index (χ0) is 19.3. The molecule has 2 fully saturated rings. The number of nitrogens with zero attached hydrogens (tertiary/aromatic N) is 4. The molecule has 2 saturated heterocycles. The van der Waals surface area contributed by atoms with E-state index in [4.69, 9.17) is 9.26 Å². The summed E-state index contributed by atoms with van der Waals surface area (Å²) in [6.07, 6.45) is 2.91. The van der Waals surface area contributed by atoms with Gasteiger partial charge in [-0.2, -0.15) is 4.98 Å². The number of nitrogens with one attached hydrogen (secondary N) is 1. The molecule has 10 heteroatoms. The van der Waals surface area contributed by atoms with Crippen LogP contribution in [0.4, 0.5) is 0 Å². The molecule has 3 heterocycles. The summed E-state index contributed by atoms with van der Waals surface area (Å²) in [4.78, 5) is 21.2. The van der Waals surface area contributed by atoms with Gasteiger partial charge in [0, 0.05) is 44.2 Å². The minimum Gasteiger partial charge on any atom is -0.497 e. The van der Waals surface area contributed by atoms with Crippen molar-refractivity contribution in [2.24, 2.45) is 0 Å². The van der Waals surface area contributed by atoms with Gasteiger partial charge in [-0.15, -0.1) is 24.8 Å². The Morgan fingerprint density at radius 1 is 1.20 bits per heavy atom. The predicted octanol–water partition coefficient (Wildman–Crippen LogP) is 2.38. The quantitative estimate of drug-likeness (QED) is 0.712. The van der Waals surface area contributed by atoms with E-state index in [1.807, 2.05) is 29.2 Å². The van der Waals surface area contributed by atoms with E-state index in [0.29, 0.717) is 30.7 Å². The summed E-state index contributed by atoms with van der Waals surface area (Å²) in [6.45, 7) is 4.80. The third-order valence-electron chi connectivity index (χ3n) is 5.48. The van der Waals surface area contributed by atoms with Crippen molar-refractivity contribution in [3.63, 3.8) is 0 Å². The first-order valence-corrected chi connectivity index (χ1v) is 9.92. The Bertz CT molecular complexity index is 788. The summed E-state index contributed by atoms with van der Waals surface area (Å²) >= 11 is 0. The van der Waals surface area contributed by atoms with E-state index in [-0.39, 0.29) is 30.7 Å². The number of aromatic nitrogens is 2. The van der Waals surface area contributed by atoms with E-state index in [1.165, 1.54) is 6.42 Å². The maximum atomic E-state index is 12.4. The van der Waals surface area contributed by atoms with Crippen LogP contribution < -0.4 is 10.1 Å². The summed E-state index contributed by atoms with van der Waals surface area (Å²) in [5.74, 6) is 2.23. The van der Waals surface area contributed by atoms with E-state index in [9.17, 15) is 4.79 Å². The summed E-state index contributed by atoms with van der Waals surface area (Å²) < 4.78 is 10.6. The fourth-order valence-electron chi connectivity index (χ4n) is 3.79. The van der Waals surface area contributed by atoms with Crippen LogP contribution in [0.25, 0.3) is 11.4 Å². The molecule has 8 nitrogen and oxygen atoms in total. The van der Waals surface area contributed by atoms with Crippen LogP contribution in [0.3, 0.4) is 0 Å². The Balaban J connectivity index is 0.00000160. The van der Waals surface area contributed by atoms with Crippen LogP contribution in [0, 0.1) is 0 Å². The number of hydrogen-bond acceptors (Lipinski definition) is 7. The van der Waals surface area contributed by atoms with Crippen LogP contribution in [-0.2, 0) is 11.3 Å². The van der Waals surface area contributed by atoms with Gasteiger partial charge < -0.3 is 19.5 Å². The summed E-state index contributed by atoms with van der Waals surface area (Å²) in [5.41, 5.74) is 0.895. The van der Waals surface area contributed by atoms with Gasteiger partial charge in [0.05, 0.1) is 13.7 Å². The molecule has 1 amide bonds. The van der Waals surface area contributed by atoms with Gasteiger partial charge in [-0.25, -0.2) is 0 Å². The van der Waals surface area contributed by atoms with Crippen LogP contribution in [0.5, 0.6) is 5.75 Å². The van der Waals surface area contributed by atoms with E-state index in [1.54, 1.807) is 7.11 Å². The normalized spacial score (nSPS) is 19.1. The molecular weight excluding hydrogens is 429 g/mol. The number of benzene rings is 1. The number of amides is 1. The zero-order valence-corrected chi connectivity index (χ0v) is 18.7. The van der Waals surface area contributed by atoms with Crippen molar-refractivity contribution in [2.75, 3.05) is 39.8 Å². The van der Waals surface area contributed by atoms with Crippen LogP contribution in [0.15, 0.2) is 28.8 Å². The topological polar surface area (TPSA) is 83.7 Å². The Labute approximate surface area is 189 Å². The maximum Gasteiger partial charge on any atom is 0.241 e. The first-order chi connectivity index (χ1) is 13.7. The standard InChI is InChI=1S/C20H27N5O3.2ClH/c1-27-17-6-4-15(5-7-17)20-22-18(28-23-20)14-24-9-11-25(12-10-24)19(26)13-16-3-2-8-21-16;;/h4-7,16,21H,2-3,8-14H2,1H3;2*1H. The predicted molar refractivity (Wildman–Crippen MR) is 118 cm³/mol. The second kappa shape index (κ2) is 11.5. The van der Waals surface area contributed by atoms with Gasteiger partial charge in [0.25, 0.3) is 0 Å². The van der Waals surface area contributed by atoms with E-state index in [0.717, 1.165) is 50.5 Å². The Morgan fingerprint density at radius 2 is 1.93 bits per heavy atom. The van der Waals surface area contributed by atoms with Crippen molar-refractivity contribution in [3.05, 3.63) is 30.2 Å². The molecule has 0 aliphatic carbocycles. The van der Waals surface area contributed by atoms with Gasteiger partial charge in [-0.1, -0.05) is 5.16 Å². The summed E-state index contributed by atoms with van der Waals surface area (Å²) in [7, 11) is 1.64. The van der Waals surface area contributed by atoms with Gasteiger partial charge in [-0.3, -0.25) is 9.69 Å². The highest BCUT2D eigenvalue weighted by molar-refractivity contribution is 5.85. The molecular formula is C20H29Cl2N5O3. The second-order valence-corrected chi connectivity index (χ2v) is 7.39. The van der Waals surface area contributed by atoms with Crippen molar-refractivity contribution in [2.45, 2.75) is 31.8 Å². The molecule has 2 aliphatic heterocycles. The number of halogens is 2. The van der Waals surface area contributed by atoms with Crippen LogP contribution in [0.1, 0.15) is 25.2 Å². The molecule has 1 atom stereocenters. The van der Waals surface area contributed by atoms with Gasteiger partial charge in [0.1, 0.15) is 5.75 Å². The molecule has 4 rings (SSSR count). The lowest BCUT2D eigenvalue weighted by Gasteiger charge is -2.34. The van der Waals surface area contributed by atoms with E-state index in [2.05, 4.69) is 20.4 Å². The second-order valence-electron chi connectivity index (χ2n) is 7.39. The van der Waals surface area contributed by atoms with Crippen LogP contribution >= 0.6 is 24.8 Å². The van der Waals surface area contributed by atoms with Crippen molar-refractivity contribution in [1.29, 1.82) is 0 Å². The third kappa shape index (κ3) is 6.07. The minimum atomic E-state index is 0. The molecule has 0 radical (unpaired) electrons. The lowest BCUT2D eigenvalue weighted by atomic mass is 10.1. The number of carbonyl (C=O) groups is 1. The molecule has 2 aliphatic rings. The smallest absolute Gasteiger partial charge is 0.241 e. The lowest BCUT2D eigenvalue weighted by Crippen LogP contribution is -2.49.